The Morgan fingerprint density at radius 3 is 2.49 bits per heavy atom. The molecule has 0 spiro atoms. The van der Waals surface area contributed by atoms with E-state index in [-0.39, 0.29) is 12.2 Å². The van der Waals surface area contributed by atoms with Crippen LogP contribution >= 0.6 is 0 Å². The van der Waals surface area contributed by atoms with Gasteiger partial charge in [-0.3, -0.25) is 9.69 Å². The van der Waals surface area contributed by atoms with Crippen molar-refractivity contribution >= 4 is 5.97 Å². The van der Waals surface area contributed by atoms with Gasteiger partial charge in [-0.15, -0.1) is 0 Å². The van der Waals surface area contributed by atoms with E-state index in [2.05, 4.69) is 24.8 Å². The van der Waals surface area contributed by atoms with E-state index in [0.717, 1.165) is 41.6 Å². The van der Waals surface area contributed by atoms with Gasteiger partial charge in [-0.25, -0.2) is 4.39 Å². The molecular formula is C31H36FNO4. The normalized spacial score (nSPS) is 17.9. The second-order valence-electron chi connectivity index (χ2n) is 9.97. The summed E-state index contributed by atoms with van der Waals surface area (Å²) in [6.45, 7) is 5.63. The number of aliphatic carboxylic acids is 1. The van der Waals surface area contributed by atoms with E-state index in [4.69, 9.17) is 14.6 Å². The van der Waals surface area contributed by atoms with Crippen molar-refractivity contribution in [2.24, 2.45) is 0 Å². The highest BCUT2D eigenvalue weighted by Crippen LogP contribution is 2.33. The van der Waals surface area contributed by atoms with Crippen molar-refractivity contribution < 1.29 is 23.8 Å². The van der Waals surface area contributed by atoms with Gasteiger partial charge in [0.1, 0.15) is 23.9 Å². The van der Waals surface area contributed by atoms with Gasteiger partial charge in [0.25, 0.3) is 0 Å². The van der Waals surface area contributed by atoms with Crippen molar-refractivity contribution in [1.29, 1.82) is 0 Å². The highest BCUT2D eigenvalue weighted by atomic mass is 19.1. The quantitative estimate of drug-likeness (QED) is 0.326. The Kier molecular flexibility index (Phi) is 8.82. The summed E-state index contributed by atoms with van der Waals surface area (Å²) < 4.78 is 26.4. The van der Waals surface area contributed by atoms with Crippen LogP contribution in [-0.2, 0) is 24.4 Å². The minimum atomic E-state index is -0.816. The molecule has 5 nitrogen and oxygen atoms in total. The number of aryl methyl sites for hydroxylation is 1. The summed E-state index contributed by atoms with van der Waals surface area (Å²) in [6, 6.07) is 19.4. The second kappa shape index (κ2) is 12.2. The zero-order chi connectivity index (χ0) is 26.4. The fraction of sp³-hybridized carbons (Fsp3) is 0.387. The topological polar surface area (TPSA) is 59.0 Å². The van der Waals surface area contributed by atoms with E-state index < -0.39 is 5.97 Å². The van der Waals surface area contributed by atoms with Crippen LogP contribution < -0.4 is 9.47 Å². The molecule has 1 aliphatic rings. The van der Waals surface area contributed by atoms with Crippen LogP contribution in [0.2, 0.25) is 0 Å². The summed E-state index contributed by atoms with van der Waals surface area (Å²) in [6.07, 6.45) is 4.10. The van der Waals surface area contributed by atoms with Crippen LogP contribution in [0.5, 0.6) is 11.5 Å². The van der Waals surface area contributed by atoms with Crippen LogP contribution in [0.3, 0.4) is 0 Å². The molecule has 1 saturated heterocycles. The number of nitrogens with zero attached hydrogens (tertiary/aromatic N) is 1. The molecular weight excluding hydrogens is 469 g/mol. The number of carboxylic acid groups (broad SMARTS) is 1. The van der Waals surface area contributed by atoms with Crippen LogP contribution in [0.1, 0.15) is 56.2 Å². The summed E-state index contributed by atoms with van der Waals surface area (Å²) in [5, 5.41) is 8.96. The van der Waals surface area contributed by atoms with E-state index in [9.17, 15) is 9.18 Å². The third-order valence-electron chi connectivity index (χ3n) is 7.29. The molecule has 0 aliphatic carbocycles. The number of hydrogen-bond donors (Lipinski definition) is 1. The molecule has 196 valence electrons. The number of carbonyl (C=O) groups is 1. The number of ether oxygens (including phenoxy) is 2. The van der Waals surface area contributed by atoms with Crippen LogP contribution in [0.4, 0.5) is 4.39 Å². The number of piperidine rings is 1. The predicted octanol–water partition coefficient (Wildman–Crippen LogP) is 6.86. The number of hydrogen-bond acceptors (Lipinski definition) is 4. The van der Waals surface area contributed by atoms with E-state index >= 15 is 0 Å². The van der Waals surface area contributed by atoms with Crippen LogP contribution in [0, 0.1) is 5.82 Å². The van der Waals surface area contributed by atoms with Crippen molar-refractivity contribution in [2.75, 3.05) is 7.11 Å². The number of benzene rings is 3. The Hall–Kier alpha value is -3.38. The maximum Gasteiger partial charge on any atom is 0.303 e. The molecule has 0 aromatic heterocycles. The standard InChI is InChI=1S/C31H36FNO4/c1-21-6-4-7-22(2)33(21)19-25-16-24(10-13-28(25)29-18-26(36-3)12-14-30(29)32)20-37-27-9-5-8-23(17-27)11-15-31(34)35/h5,8-10,12-14,16-18,21-22H,4,6-7,11,15,19-20H2,1-3H3,(H,34,35)/t21-,22-/m0/s1. The molecule has 1 N–H and O–H groups in total. The molecule has 4 rings (SSSR count). The fourth-order valence-corrected chi connectivity index (χ4v) is 5.16. The Labute approximate surface area is 218 Å². The van der Waals surface area contributed by atoms with E-state index in [1.165, 1.54) is 12.5 Å². The third-order valence-corrected chi connectivity index (χ3v) is 7.29. The lowest BCUT2D eigenvalue weighted by Crippen LogP contribution is -2.43. The first-order valence-corrected chi connectivity index (χ1v) is 13.0. The predicted molar refractivity (Wildman–Crippen MR) is 143 cm³/mol. The number of likely N-dealkylation sites (tertiary alicyclic amines) is 1. The molecule has 1 heterocycles. The Morgan fingerprint density at radius 1 is 0.973 bits per heavy atom. The van der Waals surface area contributed by atoms with Crippen molar-refractivity contribution in [3.8, 4) is 22.6 Å². The first-order valence-electron chi connectivity index (χ1n) is 13.0. The van der Waals surface area contributed by atoms with Gasteiger partial charge >= 0.3 is 5.97 Å². The summed E-state index contributed by atoms with van der Waals surface area (Å²) in [7, 11) is 1.59. The lowest BCUT2D eigenvalue weighted by molar-refractivity contribution is -0.136. The number of halogens is 1. The molecule has 0 unspecified atom stereocenters. The maximum atomic E-state index is 15.0. The molecule has 0 saturated carbocycles. The van der Waals surface area contributed by atoms with Gasteiger partial charge in [-0.05, 0) is 85.7 Å². The van der Waals surface area contributed by atoms with Gasteiger partial charge in [-0.2, -0.15) is 0 Å². The van der Waals surface area contributed by atoms with Gasteiger partial charge < -0.3 is 14.6 Å². The van der Waals surface area contributed by atoms with E-state index in [1.807, 2.05) is 36.4 Å². The molecule has 6 heteroatoms. The summed E-state index contributed by atoms with van der Waals surface area (Å²) in [4.78, 5) is 13.4. The van der Waals surface area contributed by atoms with Crippen molar-refractivity contribution in [3.05, 3.63) is 83.2 Å². The second-order valence-corrected chi connectivity index (χ2v) is 9.97. The zero-order valence-corrected chi connectivity index (χ0v) is 21.9. The molecule has 1 fully saturated rings. The van der Waals surface area contributed by atoms with Crippen LogP contribution in [0.15, 0.2) is 60.7 Å². The Balaban J connectivity index is 1.61. The molecule has 3 aromatic rings. The maximum absolute atomic E-state index is 15.0. The summed E-state index contributed by atoms with van der Waals surface area (Å²) in [5.74, 6) is 0.232. The van der Waals surface area contributed by atoms with Gasteiger partial charge in [-0.1, -0.05) is 36.8 Å². The van der Waals surface area contributed by atoms with Crippen molar-refractivity contribution in [3.63, 3.8) is 0 Å². The Bertz CT molecular complexity index is 1220. The first kappa shape index (κ1) is 26.7. The molecule has 2 atom stereocenters. The van der Waals surface area contributed by atoms with Crippen molar-refractivity contribution in [2.45, 2.75) is 71.2 Å². The average Bonchev–Trinajstić information content (AvgIpc) is 2.89. The largest absolute Gasteiger partial charge is 0.497 e. The van der Waals surface area contributed by atoms with E-state index in [1.54, 1.807) is 19.2 Å². The monoisotopic (exact) mass is 505 g/mol. The molecule has 0 bridgehead atoms. The van der Waals surface area contributed by atoms with Crippen molar-refractivity contribution in [1.82, 2.24) is 4.90 Å². The van der Waals surface area contributed by atoms with Crippen LogP contribution in [-0.4, -0.2) is 35.2 Å². The first-order chi connectivity index (χ1) is 17.8. The lowest BCUT2D eigenvalue weighted by Gasteiger charge is -2.39. The fourth-order valence-electron chi connectivity index (χ4n) is 5.16. The lowest BCUT2D eigenvalue weighted by atomic mass is 9.93. The highest BCUT2D eigenvalue weighted by Gasteiger charge is 2.26. The minimum Gasteiger partial charge on any atom is -0.497 e. The average molecular weight is 506 g/mol. The molecule has 37 heavy (non-hydrogen) atoms. The molecule has 0 amide bonds. The third kappa shape index (κ3) is 6.89. The smallest absolute Gasteiger partial charge is 0.303 e. The highest BCUT2D eigenvalue weighted by molar-refractivity contribution is 5.70. The summed E-state index contributed by atoms with van der Waals surface area (Å²) >= 11 is 0. The number of rotatable bonds is 10. The van der Waals surface area contributed by atoms with Gasteiger partial charge in [0, 0.05) is 30.6 Å². The SMILES string of the molecule is COc1ccc(F)c(-c2ccc(COc3cccc(CCC(=O)O)c3)cc2CN2[C@@H](C)CCC[C@@H]2C)c1. The minimum absolute atomic E-state index is 0.0858. The van der Waals surface area contributed by atoms with Gasteiger partial charge in [0.2, 0.25) is 0 Å². The van der Waals surface area contributed by atoms with Crippen LogP contribution in [0.25, 0.3) is 11.1 Å². The van der Waals surface area contributed by atoms with Gasteiger partial charge in [0.05, 0.1) is 7.11 Å². The molecule has 0 radical (unpaired) electrons. The van der Waals surface area contributed by atoms with E-state index in [0.29, 0.717) is 42.2 Å². The van der Waals surface area contributed by atoms with Gasteiger partial charge in [0.15, 0.2) is 0 Å². The molecule has 1 aliphatic heterocycles. The summed E-state index contributed by atoms with van der Waals surface area (Å²) in [5.41, 5.74) is 4.38. The number of carboxylic acids is 1. The zero-order valence-electron chi connectivity index (χ0n) is 21.9. The molecule has 3 aromatic carbocycles. The number of methoxy groups -OCH3 is 1. The Morgan fingerprint density at radius 2 is 1.76 bits per heavy atom.